The Morgan fingerprint density at radius 1 is 1.07 bits per heavy atom. The quantitative estimate of drug-likeness (QED) is 0.773. The number of halogens is 1. The van der Waals surface area contributed by atoms with Gasteiger partial charge in [-0.2, -0.15) is 0 Å². The Hall–Kier alpha value is -2.73. The highest BCUT2D eigenvalue weighted by molar-refractivity contribution is 6.31. The number of piperazine rings is 1. The number of hydrogen-bond acceptors (Lipinski definition) is 5. The van der Waals surface area contributed by atoms with E-state index >= 15 is 0 Å². The van der Waals surface area contributed by atoms with Gasteiger partial charge in [-0.05, 0) is 49.7 Å². The fraction of sp³-hybridized carbons (Fsp3) is 0.364. The van der Waals surface area contributed by atoms with Crippen molar-refractivity contribution in [2.24, 2.45) is 4.99 Å². The van der Waals surface area contributed by atoms with Crippen molar-refractivity contribution in [1.82, 2.24) is 4.90 Å². The highest BCUT2D eigenvalue weighted by Crippen LogP contribution is 2.29. The van der Waals surface area contributed by atoms with Gasteiger partial charge >= 0.3 is 0 Å². The molecule has 0 radical (unpaired) electrons. The second-order valence-electron chi connectivity index (χ2n) is 7.39. The molecule has 2 aliphatic heterocycles. The second kappa shape index (κ2) is 7.95. The Morgan fingerprint density at radius 3 is 2.48 bits per heavy atom. The van der Waals surface area contributed by atoms with Crippen LogP contribution in [0.1, 0.15) is 12.5 Å². The molecule has 1 unspecified atom stereocenters. The van der Waals surface area contributed by atoms with Gasteiger partial charge in [0.2, 0.25) is 5.96 Å². The lowest BCUT2D eigenvalue weighted by Crippen LogP contribution is -2.53. The molecule has 1 saturated heterocycles. The molecule has 2 aromatic carbocycles. The minimum Gasteiger partial charge on any atom is -0.497 e. The van der Waals surface area contributed by atoms with Crippen LogP contribution < -0.4 is 14.5 Å². The van der Waals surface area contributed by atoms with Crippen molar-refractivity contribution in [3.05, 3.63) is 53.1 Å². The van der Waals surface area contributed by atoms with Gasteiger partial charge in [0.15, 0.2) is 0 Å². The zero-order chi connectivity index (χ0) is 20.5. The predicted molar refractivity (Wildman–Crippen MR) is 117 cm³/mol. The second-order valence-corrected chi connectivity index (χ2v) is 7.82. The molecule has 1 amide bonds. The zero-order valence-corrected chi connectivity index (χ0v) is 17.7. The molecular weight excluding hydrogens is 388 g/mol. The third-order valence-corrected chi connectivity index (χ3v) is 5.70. The number of aryl methyl sites for hydroxylation is 1. The summed E-state index contributed by atoms with van der Waals surface area (Å²) in [5.74, 6) is 1.59. The average Bonchev–Trinajstić information content (AvgIpc) is 3.03. The van der Waals surface area contributed by atoms with Crippen LogP contribution in [0.5, 0.6) is 5.75 Å². The maximum Gasteiger partial charge on any atom is 0.258 e. The average molecular weight is 413 g/mol. The van der Waals surface area contributed by atoms with E-state index in [9.17, 15) is 4.79 Å². The number of anilines is 2. The van der Waals surface area contributed by atoms with E-state index in [4.69, 9.17) is 16.3 Å². The third kappa shape index (κ3) is 3.77. The van der Waals surface area contributed by atoms with Gasteiger partial charge in [0.1, 0.15) is 11.8 Å². The lowest BCUT2D eigenvalue weighted by Gasteiger charge is -2.39. The van der Waals surface area contributed by atoms with Crippen LogP contribution in [0.4, 0.5) is 11.4 Å². The molecule has 2 aromatic rings. The highest BCUT2D eigenvalue weighted by Gasteiger charge is 2.37. The molecule has 2 heterocycles. The molecular formula is C22H25ClN4O2. The third-order valence-electron chi connectivity index (χ3n) is 5.47. The number of rotatable bonds is 3. The maximum absolute atomic E-state index is 12.9. The molecule has 152 valence electrons. The molecule has 2 aliphatic rings. The van der Waals surface area contributed by atoms with Crippen molar-refractivity contribution in [3.63, 3.8) is 0 Å². The molecule has 4 rings (SSSR count). The Balaban J connectivity index is 1.53. The predicted octanol–water partition coefficient (Wildman–Crippen LogP) is 3.57. The lowest BCUT2D eigenvalue weighted by atomic mass is 10.1. The number of nitrogens with zero attached hydrogens (tertiary/aromatic N) is 4. The number of amides is 1. The molecule has 0 saturated carbocycles. The first kappa shape index (κ1) is 19.6. The topological polar surface area (TPSA) is 48.4 Å². The summed E-state index contributed by atoms with van der Waals surface area (Å²) in [5, 5.41) is 0.663. The van der Waals surface area contributed by atoms with Gasteiger partial charge in [-0.3, -0.25) is 4.79 Å². The summed E-state index contributed by atoms with van der Waals surface area (Å²) in [6, 6.07) is 13.3. The number of ether oxygens (including phenoxy) is 1. The summed E-state index contributed by atoms with van der Waals surface area (Å²) in [4.78, 5) is 23.8. The van der Waals surface area contributed by atoms with Crippen LogP contribution in [0.15, 0.2) is 47.5 Å². The monoisotopic (exact) mass is 412 g/mol. The van der Waals surface area contributed by atoms with Gasteiger partial charge in [0, 0.05) is 43.0 Å². The van der Waals surface area contributed by atoms with E-state index in [-0.39, 0.29) is 11.9 Å². The number of aliphatic imine (C=N–C) groups is 1. The number of guanidine groups is 1. The molecule has 0 bridgehead atoms. The Bertz CT molecular complexity index is 954. The van der Waals surface area contributed by atoms with Gasteiger partial charge in [0.25, 0.3) is 5.91 Å². The summed E-state index contributed by atoms with van der Waals surface area (Å²) in [6.45, 7) is 7.10. The smallest absolute Gasteiger partial charge is 0.258 e. The summed E-state index contributed by atoms with van der Waals surface area (Å²) in [6.07, 6.45) is 0. The van der Waals surface area contributed by atoms with E-state index in [0.717, 1.165) is 54.8 Å². The summed E-state index contributed by atoms with van der Waals surface area (Å²) in [7, 11) is 1.68. The molecule has 7 heteroatoms. The Kier molecular flexibility index (Phi) is 5.37. The standard InChI is InChI=1S/C22H25ClN4O2/c1-15-13-17(23)7-8-20(15)27-21(28)16(2)24-22(27)26-11-9-25(10-12-26)18-5-4-6-19(14-18)29-3/h4-8,13-14,16H,9-12H2,1-3H3. The maximum atomic E-state index is 12.9. The largest absolute Gasteiger partial charge is 0.497 e. The van der Waals surface area contributed by atoms with E-state index < -0.39 is 0 Å². The van der Waals surface area contributed by atoms with Gasteiger partial charge in [-0.25, -0.2) is 9.89 Å². The van der Waals surface area contributed by atoms with E-state index in [1.54, 1.807) is 12.0 Å². The number of hydrogen-bond donors (Lipinski definition) is 0. The van der Waals surface area contributed by atoms with Gasteiger partial charge in [-0.1, -0.05) is 17.7 Å². The minimum absolute atomic E-state index is 0.000600. The van der Waals surface area contributed by atoms with Crippen LogP contribution in [0.3, 0.4) is 0 Å². The van der Waals surface area contributed by atoms with Gasteiger partial charge in [-0.15, -0.1) is 0 Å². The van der Waals surface area contributed by atoms with Crippen LogP contribution in [0.25, 0.3) is 0 Å². The van der Waals surface area contributed by atoms with E-state index in [2.05, 4.69) is 26.9 Å². The summed E-state index contributed by atoms with van der Waals surface area (Å²) < 4.78 is 5.34. The minimum atomic E-state index is -0.378. The van der Waals surface area contributed by atoms with Crippen LogP contribution >= 0.6 is 11.6 Å². The van der Waals surface area contributed by atoms with Crippen molar-refractivity contribution < 1.29 is 9.53 Å². The van der Waals surface area contributed by atoms with Crippen LogP contribution in [-0.4, -0.2) is 56.1 Å². The number of benzene rings is 2. The summed E-state index contributed by atoms with van der Waals surface area (Å²) >= 11 is 6.11. The van der Waals surface area contributed by atoms with Gasteiger partial charge < -0.3 is 14.5 Å². The van der Waals surface area contributed by atoms with Crippen molar-refractivity contribution in [1.29, 1.82) is 0 Å². The van der Waals surface area contributed by atoms with E-state index in [1.165, 1.54) is 0 Å². The molecule has 0 N–H and O–H groups in total. The normalized spacial score (nSPS) is 19.6. The first-order valence-electron chi connectivity index (χ1n) is 9.80. The summed E-state index contributed by atoms with van der Waals surface area (Å²) in [5.41, 5.74) is 2.95. The number of carbonyl (C=O) groups excluding carboxylic acids is 1. The number of carbonyl (C=O) groups is 1. The van der Waals surface area contributed by atoms with Crippen molar-refractivity contribution in [2.45, 2.75) is 19.9 Å². The molecule has 29 heavy (non-hydrogen) atoms. The zero-order valence-electron chi connectivity index (χ0n) is 16.9. The molecule has 0 aromatic heterocycles. The molecule has 6 nitrogen and oxygen atoms in total. The first-order chi connectivity index (χ1) is 14.0. The van der Waals surface area contributed by atoms with Crippen LogP contribution in [-0.2, 0) is 4.79 Å². The molecule has 0 aliphatic carbocycles. The van der Waals surface area contributed by atoms with Crippen LogP contribution in [0, 0.1) is 6.92 Å². The van der Waals surface area contributed by atoms with E-state index in [1.807, 2.05) is 44.2 Å². The molecule has 1 atom stereocenters. The highest BCUT2D eigenvalue weighted by atomic mass is 35.5. The van der Waals surface area contributed by atoms with E-state index in [0.29, 0.717) is 5.02 Å². The Morgan fingerprint density at radius 2 is 1.79 bits per heavy atom. The lowest BCUT2D eigenvalue weighted by molar-refractivity contribution is -0.117. The van der Waals surface area contributed by atoms with Crippen molar-refractivity contribution >= 4 is 34.8 Å². The first-order valence-corrected chi connectivity index (χ1v) is 10.2. The fourth-order valence-corrected chi connectivity index (χ4v) is 4.09. The van der Waals surface area contributed by atoms with Crippen molar-refractivity contribution in [3.8, 4) is 5.75 Å². The Labute approximate surface area is 176 Å². The van der Waals surface area contributed by atoms with Crippen LogP contribution in [0.2, 0.25) is 5.02 Å². The fourth-order valence-electron chi connectivity index (χ4n) is 3.86. The van der Waals surface area contributed by atoms with Crippen molar-refractivity contribution in [2.75, 3.05) is 43.1 Å². The van der Waals surface area contributed by atoms with Gasteiger partial charge in [0.05, 0.1) is 12.8 Å². The SMILES string of the molecule is COc1cccc(N2CCN(C3=NC(C)C(=O)N3c3ccc(Cl)cc3C)CC2)c1. The number of methoxy groups -OCH3 is 1. The molecule has 1 fully saturated rings. The molecule has 0 spiro atoms.